The van der Waals surface area contributed by atoms with Gasteiger partial charge in [0.1, 0.15) is 24.7 Å². The van der Waals surface area contributed by atoms with Crippen LogP contribution in [-0.2, 0) is 19.6 Å². The van der Waals surface area contributed by atoms with E-state index in [-0.39, 0.29) is 18.1 Å². The molecule has 1 aliphatic heterocycles. The molecule has 0 radical (unpaired) electrons. The van der Waals surface area contributed by atoms with E-state index in [4.69, 9.17) is 14.2 Å². The summed E-state index contributed by atoms with van der Waals surface area (Å²) in [4.78, 5) is 12.2. The SMILES string of the molecule is COc1ccc(OCCOC(=O)C=Cc2ccc(S(=O)(=O)N3CCCCCC3)cc2)cc1. The zero-order valence-corrected chi connectivity index (χ0v) is 19.1. The molecule has 2 aromatic carbocycles. The van der Waals surface area contributed by atoms with Crippen LogP contribution in [0, 0.1) is 0 Å². The Bertz CT molecular complexity index is 992. The summed E-state index contributed by atoms with van der Waals surface area (Å²) >= 11 is 0. The van der Waals surface area contributed by atoms with Crippen molar-refractivity contribution >= 4 is 22.1 Å². The lowest BCUT2D eigenvalue weighted by molar-refractivity contribution is -0.138. The number of rotatable bonds is 9. The third kappa shape index (κ3) is 6.83. The highest BCUT2D eigenvalue weighted by Gasteiger charge is 2.24. The maximum atomic E-state index is 12.8. The second-order valence-electron chi connectivity index (χ2n) is 7.41. The normalized spacial score (nSPS) is 15.3. The molecule has 1 heterocycles. The minimum Gasteiger partial charge on any atom is -0.497 e. The van der Waals surface area contributed by atoms with E-state index in [9.17, 15) is 13.2 Å². The van der Waals surface area contributed by atoms with E-state index in [2.05, 4.69) is 0 Å². The van der Waals surface area contributed by atoms with Gasteiger partial charge >= 0.3 is 5.97 Å². The summed E-state index contributed by atoms with van der Waals surface area (Å²) in [6.45, 7) is 1.48. The first-order valence-corrected chi connectivity index (χ1v) is 12.1. The van der Waals surface area contributed by atoms with Crippen molar-refractivity contribution in [3.63, 3.8) is 0 Å². The van der Waals surface area contributed by atoms with E-state index in [1.54, 1.807) is 66.0 Å². The number of sulfonamides is 1. The fraction of sp³-hybridized carbons (Fsp3) is 0.375. The zero-order chi connectivity index (χ0) is 22.8. The van der Waals surface area contributed by atoms with Crippen LogP contribution in [0.3, 0.4) is 0 Å². The quantitative estimate of drug-likeness (QED) is 0.321. The molecule has 1 aliphatic rings. The highest BCUT2D eigenvalue weighted by atomic mass is 32.2. The van der Waals surface area contributed by atoms with Crippen LogP contribution in [0.5, 0.6) is 11.5 Å². The van der Waals surface area contributed by atoms with Gasteiger partial charge in [-0.1, -0.05) is 25.0 Å². The fourth-order valence-electron chi connectivity index (χ4n) is 3.37. The molecule has 172 valence electrons. The molecule has 0 aliphatic carbocycles. The van der Waals surface area contributed by atoms with Gasteiger partial charge in [0, 0.05) is 19.2 Å². The smallest absolute Gasteiger partial charge is 0.330 e. The van der Waals surface area contributed by atoms with Crippen LogP contribution in [0.1, 0.15) is 31.2 Å². The van der Waals surface area contributed by atoms with Crippen molar-refractivity contribution < 1.29 is 27.4 Å². The van der Waals surface area contributed by atoms with Gasteiger partial charge in [-0.3, -0.25) is 0 Å². The van der Waals surface area contributed by atoms with Gasteiger partial charge in [-0.2, -0.15) is 4.31 Å². The number of ether oxygens (including phenoxy) is 3. The van der Waals surface area contributed by atoms with E-state index in [0.717, 1.165) is 31.4 Å². The first-order valence-electron chi connectivity index (χ1n) is 10.7. The summed E-state index contributed by atoms with van der Waals surface area (Å²) in [7, 11) is -1.89. The van der Waals surface area contributed by atoms with Crippen molar-refractivity contribution in [3.8, 4) is 11.5 Å². The lowest BCUT2D eigenvalue weighted by atomic mass is 10.2. The molecule has 0 saturated carbocycles. The summed E-state index contributed by atoms with van der Waals surface area (Å²) < 4.78 is 42.9. The average Bonchev–Trinajstić information content (AvgIpc) is 3.11. The molecule has 1 saturated heterocycles. The van der Waals surface area contributed by atoms with Crippen LogP contribution < -0.4 is 9.47 Å². The highest BCUT2D eigenvalue weighted by Crippen LogP contribution is 2.21. The summed E-state index contributed by atoms with van der Waals surface area (Å²) in [6, 6.07) is 13.6. The predicted octanol–water partition coefficient (Wildman–Crippen LogP) is 3.90. The number of esters is 1. The number of hydrogen-bond acceptors (Lipinski definition) is 6. The fourth-order valence-corrected chi connectivity index (χ4v) is 4.89. The zero-order valence-electron chi connectivity index (χ0n) is 18.2. The number of hydrogen-bond donors (Lipinski definition) is 0. The van der Waals surface area contributed by atoms with Gasteiger partial charge in [0.05, 0.1) is 12.0 Å². The molecule has 0 atom stereocenters. The number of carbonyl (C=O) groups excluding carboxylic acids is 1. The van der Waals surface area contributed by atoms with Gasteiger partial charge in [0.15, 0.2) is 0 Å². The molecule has 32 heavy (non-hydrogen) atoms. The van der Waals surface area contributed by atoms with Gasteiger partial charge in [0.2, 0.25) is 10.0 Å². The van der Waals surface area contributed by atoms with Gasteiger partial charge in [-0.15, -0.1) is 0 Å². The van der Waals surface area contributed by atoms with E-state index < -0.39 is 16.0 Å². The van der Waals surface area contributed by atoms with Gasteiger partial charge in [-0.05, 0) is 60.9 Å². The van der Waals surface area contributed by atoms with Crippen molar-refractivity contribution in [3.05, 3.63) is 60.2 Å². The van der Waals surface area contributed by atoms with Crippen LogP contribution >= 0.6 is 0 Å². The largest absolute Gasteiger partial charge is 0.497 e. The second kappa shape index (κ2) is 11.7. The van der Waals surface area contributed by atoms with Crippen molar-refractivity contribution in [2.75, 3.05) is 33.4 Å². The Morgan fingerprint density at radius 1 is 0.906 bits per heavy atom. The van der Waals surface area contributed by atoms with Crippen molar-refractivity contribution in [2.24, 2.45) is 0 Å². The minimum atomic E-state index is -3.48. The predicted molar refractivity (Wildman–Crippen MR) is 122 cm³/mol. The first kappa shape index (κ1) is 23.8. The molecule has 1 fully saturated rings. The topological polar surface area (TPSA) is 82.1 Å². The standard InChI is InChI=1S/C24H29NO6S/c1-29-21-9-11-22(12-10-21)30-18-19-31-24(26)15-8-20-6-13-23(14-7-20)32(27,28)25-16-4-2-3-5-17-25/h6-15H,2-5,16-19H2,1H3. The Labute approximate surface area is 189 Å². The van der Waals surface area contributed by atoms with Gasteiger partial charge in [0.25, 0.3) is 0 Å². The first-order chi connectivity index (χ1) is 15.5. The lowest BCUT2D eigenvalue weighted by Crippen LogP contribution is -2.31. The molecule has 2 aromatic rings. The van der Waals surface area contributed by atoms with Gasteiger partial charge in [-0.25, -0.2) is 13.2 Å². The molecular weight excluding hydrogens is 430 g/mol. The Morgan fingerprint density at radius 3 is 2.16 bits per heavy atom. The van der Waals surface area contributed by atoms with Crippen molar-refractivity contribution in [1.29, 1.82) is 0 Å². The molecule has 0 spiro atoms. The minimum absolute atomic E-state index is 0.113. The summed E-state index contributed by atoms with van der Waals surface area (Å²) in [5.74, 6) is 0.902. The Kier molecular flexibility index (Phi) is 8.70. The maximum absolute atomic E-state index is 12.8. The summed E-state index contributed by atoms with van der Waals surface area (Å²) in [5, 5.41) is 0. The third-order valence-electron chi connectivity index (χ3n) is 5.15. The highest BCUT2D eigenvalue weighted by molar-refractivity contribution is 7.89. The average molecular weight is 460 g/mol. The Hall–Kier alpha value is -2.84. The second-order valence-corrected chi connectivity index (χ2v) is 9.35. The lowest BCUT2D eigenvalue weighted by Gasteiger charge is -2.19. The molecule has 0 N–H and O–H groups in total. The molecule has 8 heteroatoms. The molecular formula is C24H29NO6S. The van der Waals surface area contributed by atoms with Crippen LogP contribution in [0.4, 0.5) is 0 Å². The maximum Gasteiger partial charge on any atom is 0.330 e. The van der Waals surface area contributed by atoms with Crippen LogP contribution in [-0.4, -0.2) is 52.1 Å². The molecule has 0 amide bonds. The van der Waals surface area contributed by atoms with E-state index in [0.29, 0.717) is 24.4 Å². The number of nitrogens with zero attached hydrogens (tertiary/aromatic N) is 1. The van der Waals surface area contributed by atoms with Gasteiger partial charge < -0.3 is 14.2 Å². The number of carbonyl (C=O) groups is 1. The third-order valence-corrected chi connectivity index (χ3v) is 7.06. The monoisotopic (exact) mass is 459 g/mol. The van der Waals surface area contributed by atoms with Crippen LogP contribution in [0.2, 0.25) is 0 Å². The number of benzene rings is 2. The van der Waals surface area contributed by atoms with Crippen molar-refractivity contribution in [2.45, 2.75) is 30.6 Å². The van der Waals surface area contributed by atoms with Crippen molar-refractivity contribution in [1.82, 2.24) is 4.31 Å². The molecule has 0 aromatic heterocycles. The Balaban J connectivity index is 1.45. The molecule has 0 bridgehead atoms. The summed E-state index contributed by atoms with van der Waals surface area (Å²) in [6.07, 6.45) is 6.83. The molecule has 7 nitrogen and oxygen atoms in total. The van der Waals surface area contributed by atoms with E-state index in [1.165, 1.54) is 6.08 Å². The number of methoxy groups -OCH3 is 1. The van der Waals surface area contributed by atoms with Crippen LogP contribution in [0.15, 0.2) is 59.5 Å². The van der Waals surface area contributed by atoms with E-state index in [1.807, 2.05) is 0 Å². The van der Waals surface area contributed by atoms with Crippen LogP contribution in [0.25, 0.3) is 6.08 Å². The van der Waals surface area contributed by atoms with E-state index >= 15 is 0 Å². The molecule has 3 rings (SSSR count). The molecule has 0 unspecified atom stereocenters. The Morgan fingerprint density at radius 2 is 1.53 bits per heavy atom. The summed E-state index contributed by atoms with van der Waals surface area (Å²) in [5.41, 5.74) is 0.714.